The van der Waals surface area contributed by atoms with Gasteiger partial charge in [0, 0.05) is 13.1 Å². The molecule has 0 rings (SSSR count). The van der Waals surface area contributed by atoms with Crippen molar-refractivity contribution in [2.75, 3.05) is 13.1 Å². The van der Waals surface area contributed by atoms with Gasteiger partial charge >= 0.3 is 0 Å². The van der Waals surface area contributed by atoms with Gasteiger partial charge in [0.2, 0.25) is 5.96 Å². The van der Waals surface area contributed by atoms with Gasteiger partial charge in [0.05, 0.1) is 22.9 Å². The van der Waals surface area contributed by atoms with E-state index in [1.807, 2.05) is 27.8 Å². The van der Waals surface area contributed by atoms with Crippen molar-refractivity contribution in [1.29, 1.82) is 0 Å². The standard InChI is InChI=1S/C5H12IN3/c1-3-9(4-2)5(7)8-6/h3-4H2,1-2H3,(H2,7,8). The molecular formula is C5H12IN3. The molecule has 9 heavy (non-hydrogen) atoms. The van der Waals surface area contributed by atoms with Gasteiger partial charge in [-0.3, -0.25) is 0 Å². The van der Waals surface area contributed by atoms with Gasteiger partial charge in [0.25, 0.3) is 0 Å². The number of hydrogen-bond donors (Lipinski definition) is 1. The summed E-state index contributed by atoms with van der Waals surface area (Å²) in [5.41, 5.74) is 5.51. The third-order valence-corrected chi connectivity index (χ3v) is 1.67. The first-order valence-electron chi connectivity index (χ1n) is 2.95. The molecule has 0 aliphatic heterocycles. The van der Waals surface area contributed by atoms with E-state index in [-0.39, 0.29) is 0 Å². The molecule has 4 heteroatoms. The van der Waals surface area contributed by atoms with Crippen molar-refractivity contribution in [3.63, 3.8) is 0 Å². The fourth-order valence-corrected chi connectivity index (χ4v) is 0.906. The van der Waals surface area contributed by atoms with Crippen LogP contribution in [0, 0.1) is 0 Å². The summed E-state index contributed by atoms with van der Waals surface area (Å²) in [6, 6.07) is 0. The largest absolute Gasteiger partial charge is 0.369 e. The lowest BCUT2D eigenvalue weighted by molar-refractivity contribution is 0.462. The molecule has 0 fully saturated rings. The zero-order valence-electron chi connectivity index (χ0n) is 5.76. The van der Waals surface area contributed by atoms with Crippen LogP contribution < -0.4 is 5.73 Å². The average molecular weight is 241 g/mol. The van der Waals surface area contributed by atoms with E-state index in [1.54, 1.807) is 0 Å². The molecule has 0 saturated carbocycles. The minimum Gasteiger partial charge on any atom is -0.369 e. The average Bonchev–Trinajstić information content (AvgIpc) is 1.90. The maximum atomic E-state index is 5.51. The van der Waals surface area contributed by atoms with Gasteiger partial charge in [-0.15, -0.1) is 0 Å². The molecule has 3 nitrogen and oxygen atoms in total. The second kappa shape index (κ2) is 4.84. The molecule has 0 aromatic heterocycles. The Balaban J connectivity index is 3.79. The highest BCUT2D eigenvalue weighted by Crippen LogP contribution is 1.89. The Bertz CT molecular complexity index is 98.4. The van der Waals surface area contributed by atoms with Gasteiger partial charge in [-0.05, 0) is 13.8 Å². The zero-order valence-corrected chi connectivity index (χ0v) is 7.92. The highest BCUT2D eigenvalue weighted by Gasteiger charge is 1.98. The summed E-state index contributed by atoms with van der Waals surface area (Å²) in [4.78, 5) is 1.99. The highest BCUT2D eigenvalue weighted by molar-refractivity contribution is 14.1. The fourth-order valence-electron chi connectivity index (χ4n) is 0.601. The van der Waals surface area contributed by atoms with Crippen LogP contribution in [0.2, 0.25) is 0 Å². The summed E-state index contributed by atoms with van der Waals surface area (Å²) >= 11 is 1.90. The van der Waals surface area contributed by atoms with Crippen LogP contribution in [-0.2, 0) is 0 Å². The normalized spacial score (nSPS) is 11.7. The first kappa shape index (κ1) is 9.00. The van der Waals surface area contributed by atoms with E-state index in [0.29, 0.717) is 5.96 Å². The summed E-state index contributed by atoms with van der Waals surface area (Å²) < 4.78 is 3.82. The van der Waals surface area contributed by atoms with E-state index in [2.05, 4.69) is 17.1 Å². The van der Waals surface area contributed by atoms with Crippen LogP contribution in [0.25, 0.3) is 0 Å². The van der Waals surface area contributed by atoms with Gasteiger partial charge in [-0.1, -0.05) is 0 Å². The third-order valence-electron chi connectivity index (χ3n) is 1.17. The molecule has 0 saturated heterocycles. The molecule has 0 aliphatic carbocycles. The van der Waals surface area contributed by atoms with Crippen molar-refractivity contribution < 1.29 is 0 Å². The van der Waals surface area contributed by atoms with E-state index < -0.39 is 0 Å². The van der Waals surface area contributed by atoms with Gasteiger partial charge in [-0.25, -0.2) is 0 Å². The molecule has 2 N–H and O–H groups in total. The molecule has 0 aliphatic rings. The van der Waals surface area contributed by atoms with Crippen molar-refractivity contribution in [3.8, 4) is 0 Å². The quantitative estimate of drug-likeness (QED) is 0.445. The Morgan fingerprint density at radius 2 is 2.00 bits per heavy atom. The molecule has 0 heterocycles. The number of nitrogens with zero attached hydrogens (tertiary/aromatic N) is 2. The van der Waals surface area contributed by atoms with E-state index >= 15 is 0 Å². The maximum absolute atomic E-state index is 5.51. The summed E-state index contributed by atoms with van der Waals surface area (Å²) in [5.74, 6) is 0.612. The fraction of sp³-hybridized carbons (Fsp3) is 0.800. The van der Waals surface area contributed by atoms with Crippen LogP contribution in [0.4, 0.5) is 0 Å². The molecule has 0 atom stereocenters. The van der Waals surface area contributed by atoms with E-state index in [1.165, 1.54) is 0 Å². The van der Waals surface area contributed by atoms with Crippen LogP contribution in [0.15, 0.2) is 3.21 Å². The van der Waals surface area contributed by atoms with E-state index in [0.717, 1.165) is 13.1 Å². The van der Waals surface area contributed by atoms with Crippen molar-refractivity contribution in [3.05, 3.63) is 0 Å². The van der Waals surface area contributed by atoms with Crippen LogP contribution >= 0.6 is 22.9 Å². The maximum Gasteiger partial charge on any atom is 0.201 e. The predicted molar refractivity (Wildman–Crippen MR) is 48.6 cm³/mol. The van der Waals surface area contributed by atoms with Crippen LogP contribution in [-0.4, -0.2) is 23.9 Å². The third kappa shape index (κ3) is 2.88. The topological polar surface area (TPSA) is 41.6 Å². The molecule has 0 radical (unpaired) electrons. The van der Waals surface area contributed by atoms with E-state index in [9.17, 15) is 0 Å². The molecule has 0 aromatic rings. The number of guanidine groups is 1. The monoisotopic (exact) mass is 241 g/mol. The summed E-state index contributed by atoms with van der Waals surface area (Å²) in [7, 11) is 0. The van der Waals surface area contributed by atoms with Crippen molar-refractivity contribution >= 4 is 28.8 Å². The summed E-state index contributed by atoms with van der Waals surface area (Å²) in [6.07, 6.45) is 0. The number of halogens is 1. The lowest BCUT2D eigenvalue weighted by Gasteiger charge is -2.17. The number of hydrogen-bond acceptors (Lipinski definition) is 1. The van der Waals surface area contributed by atoms with Gasteiger partial charge < -0.3 is 10.6 Å². The van der Waals surface area contributed by atoms with E-state index in [4.69, 9.17) is 5.73 Å². The minimum atomic E-state index is 0.612. The predicted octanol–water partition coefficient (Wildman–Crippen LogP) is 0.993. The highest BCUT2D eigenvalue weighted by atomic mass is 127. The first-order chi connectivity index (χ1) is 4.26. The lowest BCUT2D eigenvalue weighted by Crippen LogP contribution is -2.36. The minimum absolute atomic E-state index is 0.612. The Kier molecular flexibility index (Phi) is 4.84. The second-order valence-corrected chi connectivity index (χ2v) is 2.10. The smallest absolute Gasteiger partial charge is 0.201 e. The molecule has 54 valence electrons. The van der Waals surface area contributed by atoms with Gasteiger partial charge in [-0.2, -0.15) is 3.21 Å². The van der Waals surface area contributed by atoms with Crippen molar-refractivity contribution in [2.45, 2.75) is 13.8 Å². The molecule has 0 spiro atoms. The second-order valence-electron chi connectivity index (χ2n) is 1.62. The molecule has 0 amide bonds. The summed E-state index contributed by atoms with van der Waals surface area (Å²) in [5, 5.41) is 0. The Labute approximate surface area is 69.8 Å². The molecule has 0 bridgehead atoms. The van der Waals surface area contributed by atoms with Gasteiger partial charge in [0.15, 0.2) is 0 Å². The Morgan fingerprint density at radius 1 is 1.56 bits per heavy atom. The van der Waals surface area contributed by atoms with Crippen LogP contribution in [0.5, 0.6) is 0 Å². The van der Waals surface area contributed by atoms with Crippen molar-refractivity contribution in [1.82, 2.24) is 4.90 Å². The summed E-state index contributed by atoms with van der Waals surface area (Å²) in [6.45, 7) is 5.96. The SMILES string of the molecule is CCN(CC)/C(N)=N/I. The number of rotatable bonds is 2. The lowest BCUT2D eigenvalue weighted by atomic mass is 10.5. The molecule has 0 unspecified atom stereocenters. The number of nitrogens with two attached hydrogens (primary N) is 1. The van der Waals surface area contributed by atoms with Gasteiger partial charge in [0.1, 0.15) is 0 Å². The molecule has 0 aromatic carbocycles. The first-order valence-corrected chi connectivity index (χ1v) is 3.92. The Morgan fingerprint density at radius 3 is 2.11 bits per heavy atom. The van der Waals surface area contributed by atoms with Crippen molar-refractivity contribution in [2.24, 2.45) is 8.94 Å². The molecular weight excluding hydrogens is 229 g/mol. The Hall–Kier alpha value is 0. The zero-order chi connectivity index (χ0) is 7.28. The van der Waals surface area contributed by atoms with Crippen LogP contribution in [0.1, 0.15) is 13.8 Å². The van der Waals surface area contributed by atoms with Crippen LogP contribution in [0.3, 0.4) is 0 Å².